The average molecular weight is 469 g/mol. The number of nitrogens with zero attached hydrogens (tertiary/aromatic N) is 2. The number of rotatable bonds is 7. The third-order valence-corrected chi connectivity index (χ3v) is 6.53. The van der Waals surface area contributed by atoms with E-state index in [0.29, 0.717) is 22.1 Å². The minimum absolute atomic E-state index is 0.00270. The van der Waals surface area contributed by atoms with Crippen molar-refractivity contribution in [3.63, 3.8) is 0 Å². The molecule has 0 saturated heterocycles. The fraction of sp³-hybridized carbons (Fsp3) is 0.0909. The summed E-state index contributed by atoms with van der Waals surface area (Å²) in [4.78, 5) is 16.8. The van der Waals surface area contributed by atoms with E-state index in [2.05, 4.69) is 10.3 Å². The molecular weight excluding hydrogens is 448 g/mol. The molecule has 3 aromatic carbocycles. The summed E-state index contributed by atoms with van der Waals surface area (Å²) in [5.74, 6) is 1.35. The first kappa shape index (κ1) is 21.9. The second kappa shape index (κ2) is 9.03. The van der Waals surface area contributed by atoms with Gasteiger partial charge in [0.2, 0.25) is 15.9 Å². The molecule has 1 aromatic heterocycles. The lowest BCUT2D eigenvalue weighted by Crippen LogP contribution is -2.14. The number of thioether (sulfide) groups is 1. The largest absolute Gasteiger partial charge is 0.457 e. The minimum atomic E-state index is -3.81. The molecule has 1 amide bonds. The van der Waals surface area contributed by atoms with Gasteiger partial charge in [-0.05, 0) is 54.6 Å². The van der Waals surface area contributed by atoms with Crippen molar-refractivity contribution >= 4 is 44.4 Å². The van der Waals surface area contributed by atoms with Gasteiger partial charge in [-0.25, -0.2) is 18.5 Å². The molecule has 0 saturated carbocycles. The Labute approximate surface area is 189 Å². The first-order valence-corrected chi connectivity index (χ1v) is 12.1. The standard InChI is InChI=1S/C22H20N4O4S2/c1-26-20-12-11-18(32(23,28)29)13-19(20)25-22(26)31-14-21(27)24-15-7-9-17(10-8-15)30-16-5-3-2-4-6-16/h2-13H,14H2,1H3,(H,24,27)(H2,23,28,29). The molecule has 164 valence electrons. The van der Waals surface area contributed by atoms with E-state index in [0.717, 1.165) is 11.3 Å². The van der Waals surface area contributed by atoms with Crippen molar-refractivity contribution in [1.29, 1.82) is 0 Å². The SMILES string of the molecule is Cn1c(SCC(=O)Nc2ccc(Oc3ccccc3)cc2)nc2cc(S(N)(=O)=O)ccc21. The van der Waals surface area contributed by atoms with Crippen LogP contribution in [0.5, 0.6) is 11.5 Å². The van der Waals surface area contributed by atoms with Crippen LogP contribution in [0.2, 0.25) is 0 Å². The number of para-hydroxylation sites is 1. The number of benzene rings is 3. The predicted octanol–water partition coefficient (Wildman–Crippen LogP) is 3.74. The minimum Gasteiger partial charge on any atom is -0.457 e. The number of primary sulfonamides is 1. The zero-order valence-electron chi connectivity index (χ0n) is 17.1. The van der Waals surface area contributed by atoms with Crippen LogP contribution in [0, 0.1) is 0 Å². The van der Waals surface area contributed by atoms with Gasteiger partial charge < -0.3 is 14.6 Å². The lowest BCUT2D eigenvalue weighted by atomic mass is 10.3. The fourth-order valence-corrected chi connectivity index (χ4v) is 4.34. The Morgan fingerprint density at radius 3 is 2.44 bits per heavy atom. The highest BCUT2D eigenvalue weighted by molar-refractivity contribution is 7.99. The smallest absolute Gasteiger partial charge is 0.238 e. The first-order chi connectivity index (χ1) is 15.3. The zero-order chi connectivity index (χ0) is 22.7. The quantitative estimate of drug-likeness (QED) is 0.399. The Kier molecular flexibility index (Phi) is 6.17. The van der Waals surface area contributed by atoms with Crippen LogP contribution in [0.15, 0.2) is 82.8 Å². The third kappa shape index (κ3) is 5.10. The number of nitrogens with one attached hydrogen (secondary N) is 1. The number of imidazole rings is 1. The molecule has 0 aliphatic carbocycles. The molecule has 4 aromatic rings. The van der Waals surface area contributed by atoms with Gasteiger partial charge in [0.15, 0.2) is 5.16 Å². The van der Waals surface area contributed by atoms with Crippen molar-refractivity contribution in [3.05, 3.63) is 72.8 Å². The summed E-state index contributed by atoms with van der Waals surface area (Å²) in [6.07, 6.45) is 0. The number of anilines is 1. The Hall–Kier alpha value is -3.34. The van der Waals surface area contributed by atoms with Gasteiger partial charge in [0, 0.05) is 12.7 Å². The summed E-state index contributed by atoms with van der Waals surface area (Å²) < 4.78 is 30.6. The Bertz CT molecular complexity index is 1370. The highest BCUT2D eigenvalue weighted by Crippen LogP contribution is 2.26. The molecule has 0 unspecified atom stereocenters. The number of aromatic nitrogens is 2. The lowest BCUT2D eigenvalue weighted by molar-refractivity contribution is -0.113. The van der Waals surface area contributed by atoms with Crippen LogP contribution in [0.1, 0.15) is 0 Å². The van der Waals surface area contributed by atoms with Crippen molar-refractivity contribution in [2.24, 2.45) is 12.2 Å². The number of aryl methyl sites for hydroxylation is 1. The number of nitrogens with two attached hydrogens (primary N) is 1. The van der Waals surface area contributed by atoms with Gasteiger partial charge in [0.1, 0.15) is 11.5 Å². The number of carbonyl (C=O) groups excluding carboxylic acids is 1. The maximum absolute atomic E-state index is 12.4. The van der Waals surface area contributed by atoms with Crippen LogP contribution in [-0.4, -0.2) is 29.6 Å². The predicted molar refractivity (Wildman–Crippen MR) is 124 cm³/mol. The maximum atomic E-state index is 12.4. The van der Waals surface area contributed by atoms with Crippen molar-refractivity contribution in [1.82, 2.24) is 9.55 Å². The number of amides is 1. The Balaban J connectivity index is 1.37. The summed E-state index contributed by atoms with van der Waals surface area (Å²) in [6, 6.07) is 21.0. The third-order valence-electron chi connectivity index (χ3n) is 4.59. The molecule has 3 N–H and O–H groups in total. The molecule has 0 bridgehead atoms. The summed E-state index contributed by atoms with van der Waals surface area (Å²) in [6.45, 7) is 0. The van der Waals surface area contributed by atoms with Crippen LogP contribution in [0.4, 0.5) is 5.69 Å². The van der Waals surface area contributed by atoms with Crippen LogP contribution in [-0.2, 0) is 21.9 Å². The van der Waals surface area contributed by atoms with E-state index in [-0.39, 0.29) is 16.6 Å². The summed E-state index contributed by atoms with van der Waals surface area (Å²) >= 11 is 1.25. The highest BCUT2D eigenvalue weighted by Gasteiger charge is 2.14. The van der Waals surface area contributed by atoms with Gasteiger partial charge in [0.25, 0.3) is 0 Å². The van der Waals surface area contributed by atoms with Crippen LogP contribution < -0.4 is 15.2 Å². The Morgan fingerprint density at radius 1 is 1.06 bits per heavy atom. The van der Waals surface area contributed by atoms with Crippen LogP contribution in [0.3, 0.4) is 0 Å². The molecule has 4 rings (SSSR count). The van der Waals surface area contributed by atoms with Crippen molar-refractivity contribution in [3.8, 4) is 11.5 Å². The van der Waals surface area contributed by atoms with Crippen LogP contribution >= 0.6 is 11.8 Å². The molecule has 0 aliphatic heterocycles. The second-order valence-corrected chi connectivity index (χ2v) is 9.43. The van der Waals surface area contributed by atoms with Gasteiger partial charge in [-0.2, -0.15) is 0 Å². The number of hydrogen-bond donors (Lipinski definition) is 2. The van der Waals surface area contributed by atoms with Crippen molar-refractivity contribution < 1.29 is 17.9 Å². The lowest BCUT2D eigenvalue weighted by Gasteiger charge is -2.08. The normalized spacial score (nSPS) is 11.4. The molecule has 8 nitrogen and oxygen atoms in total. The van der Waals surface area contributed by atoms with E-state index in [1.807, 2.05) is 30.3 Å². The van der Waals surface area contributed by atoms with E-state index in [9.17, 15) is 13.2 Å². The van der Waals surface area contributed by atoms with Gasteiger partial charge in [0.05, 0.1) is 21.7 Å². The molecule has 0 radical (unpaired) electrons. The molecule has 0 aliphatic rings. The number of hydrogen-bond acceptors (Lipinski definition) is 6. The number of sulfonamides is 1. The van der Waals surface area contributed by atoms with Crippen LogP contribution in [0.25, 0.3) is 11.0 Å². The number of carbonyl (C=O) groups is 1. The summed E-state index contributed by atoms with van der Waals surface area (Å²) in [5, 5.41) is 8.61. The van der Waals surface area contributed by atoms with Gasteiger partial charge in [-0.3, -0.25) is 4.79 Å². The van der Waals surface area contributed by atoms with E-state index >= 15 is 0 Å². The van der Waals surface area contributed by atoms with Gasteiger partial charge in [-0.15, -0.1) is 0 Å². The summed E-state index contributed by atoms with van der Waals surface area (Å²) in [5.41, 5.74) is 1.89. The molecule has 0 atom stereocenters. The number of fused-ring (bicyclic) bond motifs is 1. The first-order valence-electron chi connectivity index (χ1n) is 9.54. The van der Waals surface area contributed by atoms with Gasteiger partial charge in [-0.1, -0.05) is 30.0 Å². The average Bonchev–Trinajstić information content (AvgIpc) is 3.09. The molecule has 10 heteroatoms. The highest BCUT2D eigenvalue weighted by atomic mass is 32.2. The monoisotopic (exact) mass is 468 g/mol. The second-order valence-electron chi connectivity index (χ2n) is 6.93. The fourth-order valence-electron chi connectivity index (χ4n) is 3.02. The van der Waals surface area contributed by atoms with Crippen molar-refractivity contribution in [2.45, 2.75) is 10.1 Å². The van der Waals surface area contributed by atoms with Crippen molar-refractivity contribution in [2.75, 3.05) is 11.1 Å². The maximum Gasteiger partial charge on any atom is 0.238 e. The van der Waals surface area contributed by atoms with E-state index in [4.69, 9.17) is 9.88 Å². The number of ether oxygens (including phenoxy) is 1. The molecule has 0 spiro atoms. The molecule has 0 fully saturated rings. The Morgan fingerprint density at radius 2 is 1.75 bits per heavy atom. The van der Waals surface area contributed by atoms with Gasteiger partial charge >= 0.3 is 0 Å². The molecule has 32 heavy (non-hydrogen) atoms. The molecule has 1 heterocycles. The zero-order valence-corrected chi connectivity index (χ0v) is 18.7. The van der Waals surface area contributed by atoms with E-state index in [1.54, 1.807) is 41.9 Å². The van der Waals surface area contributed by atoms with E-state index < -0.39 is 10.0 Å². The molecular formula is C22H20N4O4S2. The summed E-state index contributed by atoms with van der Waals surface area (Å²) in [7, 11) is -2.01. The van der Waals surface area contributed by atoms with E-state index in [1.165, 1.54) is 23.9 Å². The topological polar surface area (TPSA) is 116 Å².